The number of nitrogens with one attached hydrogen (secondary N) is 2. The summed E-state index contributed by atoms with van der Waals surface area (Å²) in [5, 5.41) is 6.23. The number of hydrogen-bond donors (Lipinski definition) is 2. The number of amides is 2. The van der Waals surface area contributed by atoms with Crippen LogP contribution in [0.25, 0.3) is 0 Å². The third-order valence-electron chi connectivity index (χ3n) is 3.72. The third kappa shape index (κ3) is 3.93. The highest BCUT2D eigenvalue weighted by atomic mass is 19.1. The summed E-state index contributed by atoms with van der Waals surface area (Å²) in [6, 6.07) is 7.21. The smallest absolute Gasteiger partial charge is 0.316 e. The molecule has 1 saturated carbocycles. The minimum Gasteiger partial charge on any atom is -0.337 e. The summed E-state index contributed by atoms with van der Waals surface area (Å²) in [6.07, 6.45) is 2.15. The molecule has 0 bridgehead atoms. The van der Waals surface area contributed by atoms with Crippen molar-refractivity contribution in [2.24, 2.45) is 0 Å². The van der Waals surface area contributed by atoms with E-state index in [4.69, 9.17) is 0 Å². The van der Waals surface area contributed by atoms with Crippen LogP contribution in [0.15, 0.2) is 24.3 Å². The lowest BCUT2D eigenvalue weighted by Crippen LogP contribution is -2.44. The van der Waals surface area contributed by atoms with Crippen molar-refractivity contribution in [2.75, 3.05) is 27.2 Å². The molecule has 5 heteroatoms. The summed E-state index contributed by atoms with van der Waals surface area (Å²) in [7, 11) is 3.45. The molecule has 1 aliphatic carbocycles. The highest BCUT2D eigenvalue weighted by molar-refractivity contribution is 5.73. The van der Waals surface area contributed by atoms with Gasteiger partial charge in [0.05, 0.1) is 0 Å². The second-order valence-corrected chi connectivity index (χ2v) is 5.50. The number of urea groups is 1. The zero-order valence-corrected chi connectivity index (χ0v) is 12.0. The largest absolute Gasteiger partial charge is 0.337 e. The van der Waals surface area contributed by atoms with Crippen LogP contribution in [-0.2, 0) is 0 Å². The number of halogens is 1. The molecule has 0 aromatic heterocycles. The first kappa shape index (κ1) is 14.8. The van der Waals surface area contributed by atoms with E-state index in [0.29, 0.717) is 18.5 Å². The molecular weight excluding hydrogens is 257 g/mol. The Morgan fingerprint density at radius 2 is 1.90 bits per heavy atom. The first-order valence-electron chi connectivity index (χ1n) is 7.00. The van der Waals surface area contributed by atoms with Gasteiger partial charge in [-0.05, 0) is 36.5 Å². The van der Waals surface area contributed by atoms with Crippen LogP contribution in [0.3, 0.4) is 0 Å². The minimum absolute atomic E-state index is 0.0652. The van der Waals surface area contributed by atoms with Crippen molar-refractivity contribution in [1.82, 2.24) is 15.5 Å². The zero-order chi connectivity index (χ0) is 14.5. The van der Waals surface area contributed by atoms with Gasteiger partial charge in [-0.2, -0.15) is 0 Å². The van der Waals surface area contributed by atoms with Gasteiger partial charge >= 0.3 is 6.03 Å². The van der Waals surface area contributed by atoms with Crippen LogP contribution in [0.2, 0.25) is 0 Å². The van der Waals surface area contributed by atoms with Gasteiger partial charge in [0.25, 0.3) is 0 Å². The van der Waals surface area contributed by atoms with Crippen molar-refractivity contribution in [3.8, 4) is 0 Å². The molecule has 2 rings (SSSR count). The summed E-state index contributed by atoms with van der Waals surface area (Å²) in [6.45, 7) is 1.41. The highest BCUT2D eigenvalue weighted by Gasteiger charge is 2.29. The van der Waals surface area contributed by atoms with Crippen LogP contribution in [0.4, 0.5) is 9.18 Å². The Kier molecular flexibility index (Phi) is 4.95. The Labute approximate surface area is 119 Å². The zero-order valence-electron chi connectivity index (χ0n) is 12.0. The van der Waals surface area contributed by atoms with E-state index >= 15 is 0 Å². The van der Waals surface area contributed by atoms with Crippen LogP contribution >= 0.6 is 0 Å². The van der Waals surface area contributed by atoms with E-state index in [0.717, 1.165) is 19.4 Å². The molecule has 0 aliphatic heterocycles. The summed E-state index contributed by atoms with van der Waals surface area (Å²) < 4.78 is 12.8. The molecule has 2 N–H and O–H groups in total. The van der Waals surface area contributed by atoms with E-state index < -0.39 is 0 Å². The molecule has 1 aliphatic rings. The lowest BCUT2D eigenvalue weighted by molar-refractivity contribution is 0.216. The van der Waals surface area contributed by atoms with Gasteiger partial charge in [-0.3, -0.25) is 0 Å². The number of hydrogen-bond acceptors (Lipinski definition) is 2. The van der Waals surface area contributed by atoms with Crippen molar-refractivity contribution in [3.05, 3.63) is 35.6 Å². The lowest BCUT2D eigenvalue weighted by atomic mass is 9.76. The number of carbonyl (C=O) groups is 1. The maximum atomic E-state index is 12.8. The first-order chi connectivity index (χ1) is 9.56. The second kappa shape index (κ2) is 6.70. The number of benzene rings is 1. The standard InChI is InChI=1S/C15H22FN3O/c1-19(2)15(20)18-8-7-17-14-9-12(10-14)11-3-5-13(16)6-4-11/h3-6,12,14,17H,7-10H2,1-2H3,(H,18,20). The Hall–Kier alpha value is -1.62. The predicted molar refractivity (Wildman–Crippen MR) is 77.3 cm³/mol. The normalized spacial score (nSPS) is 21.1. The van der Waals surface area contributed by atoms with Crippen molar-refractivity contribution < 1.29 is 9.18 Å². The Morgan fingerprint density at radius 1 is 1.25 bits per heavy atom. The van der Waals surface area contributed by atoms with E-state index in [9.17, 15) is 9.18 Å². The van der Waals surface area contributed by atoms with Crippen molar-refractivity contribution in [2.45, 2.75) is 24.8 Å². The predicted octanol–water partition coefficient (Wildman–Crippen LogP) is 1.93. The molecule has 1 aromatic carbocycles. The van der Waals surface area contributed by atoms with Gasteiger partial charge in [-0.25, -0.2) is 9.18 Å². The van der Waals surface area contributed by atoms with E-state index in [-0.39, 0.29) is 11.8 Å². The van der Waals surface area contributed by atoms with Gasteiger partial charge in [-0.15, -0.1) is 0 Å². The average molecular weight is 279 g/mol. The Morgan fingerprint density at radius 3 is 2.50 bits per heavy atom. The fourth-order valence-electron chi connectivity index (χ4n) is 2.40. The van der Waals surface area contributed by atoms with Gasteiger partial charge in [0.15, 0.2) is 0 Å². The van der Waals surface area contributed by atoms with Gasteiger partial charge in [-0.1, -0.05) is 12.1 Å². The molecule has 1 fully saturated rings. The van der Waals surface area contributed by atoms with Crippen LogP contribution in [-0.4, -0.2) is 44.2 Å². The second-order valence-electron chi connectivity index (χ2n) is 5.50. The first-order valence-corrected chi connectivity index (χ1v) is 7.00. The van der Waals surface area contributed by atoms with Crippen LogP contribution < -0.4 is 10.6 Å². The maximum absolute atomic E-state index is 12.8. The summed E-state index contributed by atoms with van der Waals surface area (Å²) in [5.41, 5.74) is 1.21. The van der Waals surface area contributed by atoms with E-state index in [2.05, 4.69) is 10.6 Å². The Bertz CT molecular complexity index is 441. The summed E-state index contributed by atoms with van der Waals surface area (Å²) in [5.74, 6) is 0.351. The fraction of sp³-hybridized carbons (Fsp3) is 0.533. The summed E-state index contributed by atoms with van der Waals surface area (Å²) >= 11 is 0. The average Bonchev–Trinajstić information content (AvgIpc) is 2.37. The molecule has 0 spiro atoms. The van der Waals surface area contributed by atoms with Gasteiger partial charge < -0.3 is 15.5 Å². The molecule has 0 atom stereocenters. The van der Waals surface area contributed by atoms with Gasteiger partial charge in [0.2, 0.25) is 0 Å². The van der Waals surface area contributed by atoms with Gasteiger partial charge in [0, 0.05) is 33.2 Å². The maximum Gasteiger partial charge on any atom is 0.316 e. The Balaban J connectivity index is 1.60. The van der Waals surface area contributed by atoms with E-state index in [1.807, 2.05) is 12.1 Å². The highest BCUT2D eigenvalue weighted by Crippen LogP contribution is 2.36. The minimum atomic E-state index is -0.181. The molecule has 2 amide bonds. The van der Waals surface area contributed by atoms with Crippen molar-refractivity contribution in [1.29, 1.82) is 0 Å². The quantitative estimate of drug-likeness (QED) is 0.809. The molecule has 0 unspecified atom stereocenters. The lowest BCUT2D eigenvalue weighted by Gasteiger charge is -2.36. The fourth-order valence-corrected chi connectivity index (χ4v) is 2.40. The SMILES string of the molecule is CN(C)C(=O)NCCNC1CC(c2ccc(F)cc2)C1. The number of rotatable bonds is 5. The molecule has 1 aromatic rings. The molecular formula is C15H22FN3O. The third-order valence-corrected chi connectivity index (χ3v) is 3.72. The molecule has 20 heavy (non-hydrogen) atoms. The topological polar surface area (TPSA) is 44.4 Å². The molecule has 0 heterocycles. The van der Waals surface area contributed by atoms with E-state index in [1.54, 1.807) is 14.1 Å². The summed E-state index contributed by atoms with van der Waals surface area (Å²) in [4.78, 5) is 12.8. The molecule has 0 radical (unpaired) electrons. The monoisotopic (exact) mass is 279 g/mol. The van der Waals surface area contributed by atoms with E-state index in [1.165, 1.54) is 22.6 Å². The van der Waals surface area contributed by atoms with Crippen LogP contribution in [0.1, 0.15) is 24.3 Å². The van der Waals surface area contributed by atoms with Gasteiger partial charge in [0.1, 0.15) is 5.82 Å². The van der Waals surface area contributed by atoms with Crippen LogP contribution in [0, 0.1) is 5.82 Å². The number of nitrogens with zero attached hydrogens (tertiary/aromatic N) is 1. The van der Waals surface area contributed by atoms with Crippen LogP contribution in [0.5, 0.6) is 0 Å². The van der Waals surface area contributed by atoms with Crippen molar-refractivity contribution in [3.63, 3.8) is 0 Å². The number of carbonyl (C=O) groups excluding carboxylic acids is 1. The molecule has 4 nitrogen and oxygen atoms in total. The van der Waals surface area contributed by atoms with Crippen molar-refractivity contribution >= 4 is 6.03 Å². The molecule has 110 valence electrons. The molecule has 0 saturated heterocycles.